The van der Waals surface area contributed by atoms with Gasteiger partial charge < -0.3 is 24.8 Å². The zero-order chi connectivity index (χ0) is 22.2. The Morgan fingerprint density at radius 3 is 2.48 bits per heavy atom. The zero-order valence-corrected chi connectivity index (χ0v) is 21.2. The van der Waals surface area contributed by atoms with Crippen LogP contribution in [0, 0.1) is 5.82 Å². The summed E-state index contributed by atoms with van der Waals surface area (Å²) in [6, 6.07) is 12.6. The van der Waals surface area contributed by atoms with Crippen LogP contribution in [0.3, 0.4) is 0 Å². The molecule has 2 aromatic rings. The Labute approximate surface area is 211 Å². The van der Waals surface area contributed by atoms with E-state index in [0.29, 0.717) is 38.9 Å². The third kappa shape index (κ3) is 7.18. The molecular weight excluding hydrogens is 538 g/mol. The highest BCUT2D eigenvalue weighted by molar-refractivity contribution is 14.0. The molecule has 0 spiro atoms. The van der Waals surface area contributed by atoms with Crippen molar-refractivity contribution in [3.05, 3.63) is 53.8 Å². The molecule has 4 rings (SSSR count). The standard InChI is InChI=1S/C24H31FN4O3.HI/c1-2-26-24(28-20-8-9-22-23(16-20)32-13-3-12-31-22)27-17-21(29-10-14-30-15-11-29)18-4-6-19(25)7-5-18;/h4-9,16,21H,2-3,10-15,17H2,1H3,(H2,26,27,28);1H. The molecule has 1 saturated heterocycles. The second kappa shape index (κ2) is 13.0. The Morgan fingerprint density at radius 1 is 1.03 bits per heavy atom. The van der Waals surface area contributed by atoms with Gasteiger partial charge >= 0.3 is 0 Å². The molecule has 0 saturated carbocycles. The Balaban J connectivity index is 0.00000306. The van der Waals surface area contributed by atoms with E-state index in [-0.39, 0.29) is 35.8 Å². The minimum Gasteiger partial charge on any atom is -0.490 e. The third-order valence-electron chi connectivity index (χ3n) is 5.52. The van der Waals surface area contributed by atoms with Crippen LogP contribution in [0.15, 0.2) is 47.5 Å². The van der Waals surface area contributed by atoms with Crippen molar-refractivity contribution in [1.82, 2.24) is 10.2 Å². The van der Waals surface area contributed by atoms with E-state index in [0.717, 1.165) is 48.8 Å². The summed E-state index contributed by atoms with van der Waals surface area (Å²) in [5.74, 6) is 1.95. The average molecular weight is 570 g/mol. The molecule has 0 aliphatic carbocycles. The van der Waals surface area contributed by atoms with E-state index in [2.05, 4.69) is 15.5 Å². The lowest BCUT2D eigenvalue weighted by Crippen LogP contribution is -2.41. The molecule has 0 aromatic heterocycles. The van der Waals surface area contributed by atoms with Crippen LogP contribution in [-0.4, -0.2) is 63.5 Å². The van der Waals surface area contributed by atoms with E-state index in [1.165, 1.54) is 12.1 Å². The number of hydrogen-bond acceptors (Lipinski definition) is 5. The summed E-state index contributed by atoms with van der Waals surface area (Å²) in [7, 11) is 0. The van der Waals surface area contributed by atoms with E-state index < -0.39 is 0 Å². The first-order chi connectivity index (χ1) is 15.7. The maximum absolute atomic E-state index is 13.5. The van der Waals surface area contributed by atoms with Crippen molar-refractivity contribution in [2.24, 2.45) is 4.99 Å². The van der Waals surface area contributed by atoms with Gasteiger partial charge in [-0.15, -0.1) is 24.0 Å². The largest absolute Gasteiger partial charge is 0.490 e. The molecule has 0 amide bonds. The van der Waals surface area contributed by atoms with Crippen LogP contribution in [0.1, 0.15) is 24.9 Å². The minimum atomic E-state index is -0.234. The van der Waals surface area contributed by atoms with Crippen molar-refractivity contribution >= 4 is 35.6 Å². The number of morpholine rings is 1. The number of guanidine groups is 1. The van der Waals surface area contributed by atoms with E-state index in [1.54, 1.807) is 0 Å². The number of fused-ring (bicyclic) bond motifs is 1. The lowest BCUT2D eigenvalue weighted by molar-refractivity contribution is 0.0180. The van der Waals surface area contributed by atoms with Crippen LogP contribution in [0.25, 0.3) is 0 Å². The number of rotatable bonds is 6. The van der Waals surface area contributed by atoms with Crippen molar-refractivity contribution in [3.63, 3.8) is 0 Å². The summed E-state index contributed by atoms with van der Waals surface area (Å²) in [5, 5.41) is 6.68. The Bertz CT molecular complexity index is 907. The third-order valence-corrected chi connectivity index (χ3v) is 5.52. The summed E-state index contributed by atoms with van der Waals surface area (Å²) in [5.41, 5.74) is 1.92. The van der Waals surface area contributed by atoms with Gasteiger partial charge in [0.1, 0.15) is 5.82 Å². The number of nitrogens with zero attached hydrogens (tertiary/aromatic N) is 2. The lowest BCUT2D eigenvalue weighted by Gasteiger charge is -2.34. The fourth-order valence-electron chi connectivity index (χ4n) is 3.87. The van der Waals surface area contributed by atoms with Gasteiger partial charge in [-0.25, -0.2) is 4.39 Å². The van der Waals surface area contributed by atoms with Gasteiger partial charge in [-0.3, -0.25) is 9.89 Å². The molecule has 2 aromatic carbocycles. The van der Waals surface area contributed by atoms with Crippen molar-refractivity contribution in [3.8, 4) is 11.5 Å². The van der Waals surface area contributed by atoms with E-state index in [1.807, 2.05) is 37.3 Å². The van der Waals surface area contributed by atoms with Gasteiger partial charge in [0.15, 0.2) is 17.5 Å². The first kappa shape index (κ1) is 25.5. The van der Waals surface area contributed by atoms with Gasteiger partial charge in [0.2, 0.25) is 0 Å². The molecule has 1 atom stereocenters. The highest BCUT2D eigenvalue weighted by Crippen LogP contribution is 2.32. The summed E-state index contributed by atoms with van der Waals surface area (Å²) in [4.78, 5) is 7.20. The SMILES string of the molecule is CCNC(=NCC(c1ccc(F)cc1)N1CCOCC1)Nc1ccc2c(c1)OCCCO2.I. The summed E-state index contributed by atoms with van der Waals surface area (Å²) >= 11 is 0. The zero-order valence-electron chi connectivity index (χ0n) is 18.9. The Kier molecular flexibility index (Phi) is 10.0. The van der Waals surface area contributed by atoms with Crippen LogP contribution in [-0.2, 0) is 4.74 Å². The average Bonchev–Trinajstić information content (AvgIpc) is 3.06. The van der Waals surface area contributed by atoms with Crippen LogP contribution in [0.2, 0.25) is 0 Å². The second-order valence-corrected chi connectivity index (χ2v) is 7.77. The number of halogens is 2. The maximum Gasteiger partial charge on any atom is 0.195 e. The smallest absolute Gasteiger partial charge is 0.195 e. The van der Waals surface area contributed by atoms with Crippen LogP contribution in [0.4, 0.5) is 10.1 Å². The normalized spacial score (nSPS) is 17.5. The molecule has 0 radical (unpaired) electrons. The summed E-state index contributed by atoms with van der Waals surface area (Å²) in [6.45, 7) is 7.63. The molecule has 0 bridgehead atoms. The Hall–Kier alpha value is -2.11. The number of ether oxygens (including phenoxy) is 3. The molecule has 1 fully saturated rings. The van der Waals surface area contributed by atoms with Gasteiger partial charge in [0.05, 0.1) is 39.0 Å². The van der Waals surface area contributed by atoms with Gasteiger partial charge in [-0.2, -0.15) is 0 Å². The molecular formula is C24H32FIN4O3. The molecule has 2 aliphatic rings. The molecule has 180 valence electrons. The minimum absolute atomic E-state index is 0. The van der Waals surface area contributed by atoms with E-state index in [4.69, 9.17) is 19.2 Å². The molecule has 2 heterocycles. The molecule has 1 unspecified atom stereocenters. The van der Waals surface area contributed by atoms with Gasteiger partial charge in [-0.05, 0) is 36.8 Å². The van der Waals surface area contributed by atoms with Crippen molar-refractivity contribution in [2.45, 2.75) is 19.4 Å². The predicted octanol–water partition coefficient (Wildman–Crippen LogP) is 4.06. The van der Waals surface area contributed by atoms with Crippen molar-refractivity contribution < 1.29 is 18.6 Å². The van der Waals surface area contributed by atoms with Crippen LogP contribution < -0.4 is 20.1 Å². The highest BCUT2D eigenvalue weighted by atomic mass is 127. The van der Waals surface area contributed by atoms with E-state index >= 15 is 0 Å². The predicted molar refractivity (Wildman–Crippen MR) is 139 cm³/mol. The van der Waals surface area contributed by atoms with Crippen molar-refractivity contribution in [1.29, 1.82) is 0 Å². The lowest BCUT2D eigenvalue weighted by atomic mass is 10.0. The molecule has 9 heteroatoms. The number of hydrogen-bond donors (Lipinski definition) is 2. The topological polar surface area (TPSA) is 67.4 Å². The number of aliphatic imine (C=N–C) groups is 1. The number of benzene rings is 2. The Morgan fingerprint density at radius 2 is 1.76 bits per heavy atom. The first-order valence-electron chi connectivity index (χ1n) is 11.2. The van der Waals surface area contributed by atoms with Crippen LogP contribution >= 0.6 is 24.0 Å². The van der Waals surface area contributed by atoms with Crippen LogP contribution in [0.5, 0.6) is 11.5 Å². The molecule has 33 heavy (non-hydrogen) atoms. The fourth-order valence-corrected chi connectivity index (χ4v) is 3.87. The second-order valence-electron chi connectivity index (χ2n) is 7.77. The van der Waals surface area contributed by atoms with Gasteiger partial charge in [-0.1, -0.05) is 12.1 Å². The summed E-state index contributed by atoms with van der Waals surface area (Å²) < 4.78 is 30.5. The quantitative estimate of drug-likeness (QED) is 0.311. The highest BCUT2D eigenvalue weighted by Gasteiger charge is 2.23. The number of anilines is 1. The van der Waals surface area contributed by atoms with Crippen molar-refractivity contribution in [2.75, 3.05) is 57.9 Å². The number of nitrogens with one attached hydrogen (secondary N) is 2. The fraction of sp³-hybridized carbons (Fsp3) is 0.458. The molecule has 2 N–H and O–H groups in total. The molecule has 2 aliphatic heterocycles. The molecule has 7 nitrogen and oxygen atoms in total. The summed E-state index contributed by atoms with van der Waals surface area (Å²) in [6.07, 6.45) is 0.869. The van der Waals surface area contributed by atoms with Gasteiger partial charge in [0, 0.05) is 37.8 Å². The van der Waals surface area contributed by atoms with E-state index in [9.17, 15) is 4.39 Å². The maximum atomic E-state index is 13.5. The first-order valence-corrected chi connectivity index (χ1v) is 11.2. The van der Waals surface area contributed by atoms with Gasteiger partial charge in [0.25, 0.3) is 0 Å². The monoisotopic (exact) mass is 570 g/mol.